The van der Waals surface area contributed by atoms with Crippen LogP contribution in [0.5, 0.6) is 0 Å². The first-order valence-electron chi connectivity index (χ1n) is 24.3. The first kappa shape index (κ1) is 51.9. The molecule has 1 aromatic rings. The van der Waals surface area contributed by atoms with Crippen LogP contribution in [0.2, 0.25) is 0 Å². The largest absolute Gasteiger partial charge is 0.370 e. The Morgan fingerprint density at radius 1 is 0.667 bits per heavy atom. The van der Waals surface area contributed by atoms with Gasteiger partial charge in [0.25, 0.3) is 0 Å². The summed E-state index contributed by atoms with van der Waals surface area (Å²) in [5, 5.41) is 27.6. The third kappa shape index (κ3) is 15.2. The summed E-state index contributed by atoms with van der Waals surface area (Å²) in [5.41, 5.74) is 6.47. The van der Waals surface area contributed by atoms with Crippen molar-refractivity contribution in [1.29, 1.82) is 0 Å². The van der Waals surface area contributed by atoms with Crippen molar-refractivity contribution in [1.82, 2.24) is 47.9 Å². The van der Waals surface area contributed by atoms with E-state index in [1.54, 1.807) is 0 Å². The average Bonchev–Trinajstić information content (AvgIpc) is 4.10. The number of benzene rings is 1. The second-order valence-corrected chi connectivity index (χ2v) is 19.7. The van der Waals surface area contributed by atoms with E-state index >= 15 is 0 Å². The molecule has 1 aromatic carbocycles. The lowest BCUT2D eigenvalue weighted by Gasteiger charge is -2.29. The minimum Gasteiger partial charge on any atom is -0.370 e. The molecule has 0 spiro atoms. The normalized spacial score (nSPS) is 26.6. The van der Waals surface area contributed by atoms with Gasteiger partial charge in [-0.2, -0.15) is 0 Å². The van der Waals surface area contributed by atoms with Gasteiger partial charge in [-0.1, -0.05) is 77.3 Å². The molecule has 2 aliphatic carbocycles. The summed E-state index contributed by atoms with van der Waals surface area (Å²) in [6.07, 6.45) is 5.92. The van der Waals surface area contributed by atoms with Crippen LogP contribution in [0.1, 0.15) is 104 Å². The standard InChI is InChI=1S/C48H76N10O8/c1-6-28(4)39(56-46(64)34-15-11-16-37(34)53-29(5)59)21-43(61)55-38-17-10-14-33(38)45(63)52-22-31(18-27(2)3)44(62)57-40-25-51-24-36(40)48(66)58-41-26-50-23-35(41)47(65)54-32(20-42(49)60)19-30-12-8-7-9-13-30/h7-9,12-13,27-28,31-41,50-51H,6,10-11,14-26H2,1-5H3,(H2,49,60)(H,52,63)(H,53,59)(H,54,65)(H,55,61)(H,56,64)(H,57,62)(H,58,66)/t28?,31-,32-,33?,34?,35?,36?,37?,38?,39+,40?,41?/m0/s1. The molecule has 0 aromatic heterocycles. The van der Waals surface area contributed by atoms with Crippen LogP contribution in [0.3, 0.4) is 0 Å². The Balaban J connectivity index is 1.12. The third-order valence-electron chi connectivity index (χ3n) is 14.0. The first-order chi connectivity index (χ1) is 31.5. The molecule has 4 aliphatic rings. The lowest BCUT2D eigenvalue weighted by molar-refractivity contribution is -0.130. The number of hydrogen-bond donors (Lipinski definition) is 10. The zero-order chi connectivity index (χ0) is 47.9. The van der Waals surface area contributed by atoms with E-state index in [1.807, 2.05) is 58.0 Å². The Bertz CT molecular complexity index is 1850. The van der Waals surface area contributed by atoms with Crippen LogP contribution in [-0.4, -0.2) is 116 Å². The third-order valence-corrected chi connectivity index (χ3v) is 14.0. The summed E-state index contributed by atoms with van der Waals surface area (Å²) >= 11 is 0. The molecular weight excluding hydrogens is 845 g/mol. The molecule has 11 N–H and O–H groups in total. The number of primary amides is 1. The second kappa shape index (κ2) is 25.1. The fourth-order valence-corrected chi connectivity index (χ4v) is 10.2. The van der Waals surface area contributed by atoms with Gasteiger partial charge in [0.15, 0.2) is 0 Å². The van der Waals surface area contributed by atoms with E-state index in [2.05, 4.69) is 47.9 Å². The number of nitrogens with one attached hydrogen (secondary N) is 9. The summed E-state index contributed by atoms with van der Waals surface area (Å²) in [5.74, 6) is -4.63. The Labute approximate surface area is 389 Å². The SMILES string of the molecule is CCC(C)[C@@H](CC(=O)NC1CCCC1C(=O)NC[C@H](CC(C)C)C(=O)NC1CNCC1C(=O)NC1CNCC1C(=O)N[C@H](CC(N)=O)Cc1ccccc1)NC(=O)C1CCCC1NC(C)=O. The summed E-state index contributed by atoms with van der Waals surface area (Å²) < 4.78 is 0. The van der Waals surface area contributed by atoms with E-state index in [-0.39, 0.29) is 84.5 Å². The maximum atomic E-state index is 13.9. The van der Waals surface area contributed by atoms with Gasteiger partial charge in [0.1, 0.15) is 0 Å². The fourth-order valence-electron chi connectivity index (χ4n) is 10.2. The van der Waals surface area contributed by atoms with Gasteiger partial charge in [-0.25, -0.2) is 0 Å². The fraction of sp³-hybridized carbons (Fsp3) is 0.708. The first-order valence-corrected chi connectivity index (χ1v) is 24.3. The molecule has 18 heteroatoms. The molecule has 8 amide bonds. The van der Waals surface area contributed by atoms with Crippen LogP contribution < -0.4 is 53.6 Å². The molecule has 2 heterocycles. The van der Waals surface area contributed by atoms with E-state index in [9.17, 15) is 38.4 Å². The minimum absolute atomic E-state index is 0.0208. The van der Waals surface area contributed by atoms with Crippen LogP contribution in [0, 0.1) is 41.4 Å². The smallest absolute Gasteiger partial charge is 0.226 e. The second-order valence-electron chi connectivity index (χ2n) is 19.7. The zero-order valence-electron chi connectivity index (χ0n) is 39.5. The maximum absolute atomic E-state index is 13.9. The van der Waals surface area contributed by atoms with Crippen LogP contribution in [0.25, 0.3) is 0 Å². The van der Waals surface area contributed by atoms with Gasteiger partial charge >= 0.3 is 0 Å². The van der Waals surface area contributed by atoms with E-state index in [0.29, 0.717) is 58.3 Å². The van der Waals surface area contributed by atoms with Crippen molar-refractivity contribution < 1.29 is 38.4 Å². The van der Waals surface area contributed by atoms with Crippen molar-refractivity contribution >= 4 is 47.3 Å². The van der Waals surface area contributed by atoms with Gasteiger partial charge < -0.3 is 53.6 Å². The van der Waals surface area contributed by atoms with Crippen LogP contribution in [0.4, 0.5) is 0 Å². The molecule has 12 atom stereocenters. The molecule has 366 valence electrons. The number of rotatable bonds is 23. The van der Waals surface area contributed by atoms with Gasteiger partial charge in [-0.05, 0) is 55.9 Å². The van der Waals surface area contributed by atoms with E-state index < -0.39 is 59.8 Å². The molecule has 18 nitrogen and oxygen atoms in total. The lowest BCUT2D eigenvalue weighted by atomic mass is 9.93. The van der Waals surface area contributed by atoms with E-state index in [0.717, 1.165) is 31.2 Å². The van der Waals surface area contributed by atoms with Crippen molar-refractivity contribution in [3.63, 3.8) is 0 Å². The molecule has 5 rings (SSSR count). The summed E-state index contributed by atoms with van der Waals surface area (Å²) in [7, 11) is 0. The number of carbonyl (C=O) groups is 8. The van der Waals surface area contributed by atoms with Crippen molar-refractivity contribution in [3.8, 4) is 0 Å². The summed E-state index contributed by atoms with van der Waals surface area (Å²) in [4.78, 5) is 106. The number of amides is 8. The maximum Gasteiger partial charge on any atom is 0.226 e. The molecule has 0 bridgehead atoms. The van der Waals surface area contributed by atoms with Crippen molar-refractivity contribution in [2.75, 3.05) is 32.7 Å². The van der Waals surface area contributed by atoms with Gasteiger partial charge in [0.2, 0.25) is 47.3 Å². The van der Waals surface area contributed by atoms with Gasteiger partial charge in [-0.15, -0.1) is 0 Å². The molecule has 2 saturated carbocycles. The van der Waals surface area contributed by atoms with Gasteiger partial charge in [0.05, 0.1) is 41.7 Å². The minimum atomic E-state index is -0.604. The van der Waals surface area contributed by atoms with Gasteiger partial charge in [-0.3, -0.25) is 38.4 Å². The van der Waals surface area contributed by atoms with Crippen LogP contribution in [0.15, 0.2) is 30.3 Å². The molecule has 9 unspecified atom stereocenters. The van der Waals surface area contributed by atoms with Gasteiger partial charge in [0, 0.05) is 76.7 Å². The number of hydrogen-bond acceptors (Lipinski definition) is 10. The molecular formula is C48H76N10O8. The highest BCUT2D eigenvalue weighted by Crippen LogP contribution is 2.28. The van der Waals surface area contributed by atoms with Crippen LogP contribution in [-0.2, 0) is 44.8 Å². The Hall–Kier alpha value is -5.10. The molecule has 66 heavy (non-hydrogen) atoms. The Morgan fingerprint density at radius 3 is 1.86 bits per heavy atom. The molecule has 2 saturated heterocycles. The summed E-state index contributed by atoms with van der Waals surface area (Å²) in [6, 6.07) is 6.94. The highest BCUT2D eigenvalue weighted by Gasteiger charge is 2.41. The monoisotopic (exact) mass is 921 g/mol. The van der Waals surface area contributed by atoms with E-state index in [4.69, 9.17) is 5.73 Å². The van der Waals surface area contributed by atoms with Crippen molar-refractivity contribution in [3.05, 3.63) is 35.9 Å². The Kier molecular flexibility index (Phi) is 19.8. The predicted molar refractivity (Wildman–Crippen MR) is 249 cm³/mol. The van der Waals surface area contributed by atoms with Crippen molar-refractivity contribution in [2.45, 2.75) is 141 Å². The topological polar surface area (TPSA) is 271 Å². The predicted octanol–water partition coefficient (Wildman–Crippen LogP) is 0.287. The number of carbonyl (C=O) groups excluding carboxylic acids is 8. The zero-order valence-corrected chi connectivity index (χ0v) is 39.5. The Morgan fingerprint density at radius 2 is 1.26 bits per heavy atom. The van der Waals surface area contributed by atoms with E-state index in [1.165, 1.54) is 6.92 Å². The highest BCUT2D eigenvalue weighted by atomic mass is 16.2. The lowest BCUT2D eigenvalue weighted by Crippen LogP contribution is -2.54. The summed E-state index contributed by atoms with van der Waals surface area (Å²) in [6.45, 7) is 11.0. The quantitative estimate of drug-likeness (QED) is 0.0717. The number of nitrogens with two attached hydrogens (primary N) is 1. The molecule has 4 fully saturated rings. The molecule has 0 radical (unpaired) electrons. The molecule has 2 aliphatic heterocycles. The van der Waals surface area contributed by atoms with Crippen LogP contribution >= 0.6 is 0 Å². The highest BCUT2D eigenvalue weighted by molar-refractivity contribution is 5.87. The average molecular weight is 921 g/mol. The van der Waals surface area contributed by atoms with Crippen molar-refractivity contribution in [2.24, 2.45) is 47.2 Å².